The molecule has 1 aromatic rings. The van der Waals surface area contributed by atoms with Crippen molar-refractivity contribution >= 4 is 34.8 Å². The van der Waals surface area contributed by atoms with Crippen LogP contribution in [0.2, 0.25) is 5.02 Å². The van der Waals surface area contributed by atoms with Gasteiger partial charge in [-0.25, -0.2) is 4.39 Å². The van der Waals surface area contributed by atoms with E-state index in [0.29, 0.717) is 12.1 Å². The van der Waals surface area contributed by atoms with Crippen LogP contribution in [-0.2, 0) is 9.59 Å². The predicted octanol–water partition coefficient (Wildman–Crippen LogP) is 1.62. The van der Waals surface area contributed by atoms with Gasteiger partial charge in [0.2, 0.25) is 5.91 Å². The molecule has 7 heteroatoms. The number of imide groups is 1. The van der Waals surface area contributed by atoms with Crippen LogP contribution in [0.3, 0.4) is 0 Å². The number of anilines is 2. The molecule has 1 saturated heterocycles. The SMILES string of the molecule is CN1C(=O)CCC(Nc2cc(F)c(Cl)cc2N)C1=O. The van der Waals surface area contributed by atoms with Crippen molar-refractivity contribution in [3.8, 4) is 0 Å². The first-order valence-electron chi connectivity index (χ1n) is 5.71. The van der Waals surface area contributed by atoms with E-state index in [0.717, 1.165) is 11.0 Å². The van der Waals surface area contributed by atoms with Crippen LogP contribution in [0.25, 0.3) is 0 Å². The van der Waals surface area contributed by atoms with Gasteiger partial charge >= 0.3 is 0 Å². The third kappa shape index (κ3) is 2.63. The lowest BCUT2D eigenvalue weighted by Crippen LogP contribution is -2.48. The molecule has 1 unspecified atom stereocenters. The highest BCUT2D eigenvalue weighted by Gasteiger charge is 2.31. The molecule has 102 valence electrons. The summed E-state index contributed by atoms with van der Waals surface area (Å²) < 4.78 is 13.4. The normalized spacial score (nSPS) is 19.7. The molecule has 0 saturated carbocycles. The van der Waals surface area contributed by atoms with Crippen LogP contribution in [-0.4, -0.2) is 29.8 Å². The summed E-state index contributed by atoms with van der Waals surface area (Å²) in [5.74, 6) is -1.20. The average Bonchev–Trinajstić information content (AvgIpc) is 2.36. The Morgan fingerprint density at radius 2 is 2.16 bits per heavy atom. The summed E-state index contributed by atoms with van der Waals surface area (Å²) in [6.07, 6.45) is 0.613. The number of carbonyl (C=O) groups is 2. The van der Waals surface area contributed by atoms with E-state index in [1.807, 2.05) is 0 Å². The highest BCUT2D eigenvalue weighted by Crippen LogP contribution is 2.28. The van der Waals surface area contributed by atoms with Crippen molar-refractivity contribution < 1.29 is 14.0 Å². The average molecular weight is 286 g/mol. The summed E-state index contributed by atoms with van der Waals surface area (Å²) in [5.41, 5.74) is 6.25. The first-order valence-corrected chi connectivity index (χ1v) is 6.09. The number of halogens is 2. The van der Waals surface area contributed by atoms with E-state index in [4.69, 9.17) is 17.3 Å². The lowest BCUT2D eigenvalue weighted by molar-refractivity contribution is -0.146. The number of nitrogen functional groups attached to an aromatic ring is 1. The largest absolute Gasteiger partial charge is 0.397 e. The van der Waals surface area contributed by atoms with E-state index in [1.165, 1.54) is 13.1 Å². The molecular weight excluding hydrogens is 273 g/mol. The van der Waals surface area contributed by atoms with Gasteiger partial charge in [-0.3, -0.25) is 14.5 Å². The molecule has 0 aromatic heterocycles. The molecule has 0 aliphatic carbocycles. The van der Waals surface area contributed by atoms with E-state index >= 15 is 0 Å². The Hall–Kier alpha value is -1.82. The Kier molecular flexibility index (Phi) is 3.61. The number of nitrogens with zero attached hydrogens (tertiary/aromatic N) is 1. The first-order chi connectivity index (χ1) is 8.90. The van der Waals surface area contributed by atoms with E-state index in [9.17, 15) is 14.0 Å². The van der Waals surface area contributed by atoms with Gasteiger partial charge in [0.15, 0.2) is 0 Å². The molecule has 19 heavy (non-hydrogen) atoms. The number of likely N-dealkylation sites (tertiary alicyclic amines) is 1. The van der Waals surface area contributed by atoms with E-state index in [-0.39, 0.29) is 28.9 Å². The number of hydrogen-bond acceptors (Lipinski definition) is 4. The zero-order valence-electron chi connectivity index (χ0n) is 10.2. The number of hydrogen-bond donors (Lipinski definition) is 2. The fraction of sp³-hybridized carbons (Fsp3) is 0.333. The van der Waals surface area contributed by atoms with Gasteiger partial charge in [-0.1, -0.05) is 11.6 Å². The first kappa shape index (κ1) is 13.6. The fourth-order valence-corrected chi connectivity index (χ4v) is 2.10. The molecule has 1 aliphatic heterocycles. The highest BCUT2D eigenvalue weighted by molar-refractivity contribution is 6.31. The Labute approximate surface area is 114 Å². The lowest BCUT2D eigenvalue weighted by atomic mass is 10.0. The topological polar surface area (TPSA) is 75.4 Å². The molecule has 0 radical (unpaired) electrons. The van der Waals surface area contributed by atoms with Crippen LogP contribution in [0.1, 0.15) is 12.8 Å². The quantitative estimate of drug-likeness (QED) is 0.639. The van der Waals surface area contributed by atoms with Crippen molar-refractivity contribution in [1.82, 2.24) is 4.90 Å². The van der Waals surface area contributed by atoms with Crippen LogP contribution in [0.15, 0.2) is 12.1 Å². The van der Waals surface area contributed by atoms with Crippen LogP contribution in [0, 0.1) is 5.82 Å². The van der Waals surface area contributed by atoms with Crippen molar-refractivity contribution in [2.75, 3.05) is 18.1 Å². The minimum absolute atomic E-state index is 0.0784. The molecule has 3 N–H and O–H groups in total. The third-order valence-electron chi connectivity index (χ3n) is 3.07. The number of benzene rings is 1. The van der Waals surface area contributed by atoms with Crippen LogP contribution >= 0.6 is 11.6 Å². The molecule has 1 fully saturated rings. The Bertz CT molecular complexity index is 550. The smallest absolute Gasteiger partial charge is 0.251 e. The maximum atomic E-state index is 13.4. The van der Waals surface area contributed by atoms with Crippen LogP contribution < -0.4 is 11.1 Å². The second-order valence-corrected chi connectivity index (χ2v) is 4.79. The molecule has 1 aromatic carbocycles. The molecular formula is C12H13ClFN3O2. The van der Waals surface area contributed by atoms with Gasteiger partial charge in [0.1, 0.15) is 11.9 Å². The highest BCUT2D eigenvalue weighted by atomic mass is 35.5. The molecule has 1 heterocycles. The number of piperidine rings is 1. The maximum absolute atomic E-state index is 13.4. The second-order valence-electron chi connectivity index (χ2n) is 4.38. The molecule has 1 atom stereocenters. The number of amides is 2. The molecule has 2 rings (SSSR count). The van der Waals surface area contributed by atoms with E-state index in [2.05, 4.69) is 5.32 Å². The lowest BCUT2D eigenvalue weighted by Gasteiger charge is -2.29. The minimum atomic E-state index is -0.619. The van der Waals surface area contributed by atoms with E-state index < -0.39 is 11.9 Å². The summed E-state index contributed by atoms with van der Waals surface area (Å²) in [6.45, 7) is 0. The molecule has 1 aliphatic rings. The predicted molar refractivity (Wildman–Crippen MR) is 70.2 cm³/mol. The standard InChI is InChI=1S/C12H13ClFN3O2/c1-17-11(18)3-2-9(12(17)19)16-10-5-7(14)6(13)4-8(10)15/h4-5,9,16H,2-3,15H2,1H3. The van der Waals surface area contributed by atoms with Gasteiger partial charge in [-0.2, -0.15) is 0 Å². The number of carbonyl (C=O) groups excluding carboxylic acids is 2. The number of likely N-dealkylation sites (N-methyl/N-ethyl adjacent to an activating group) is 1. The molecule has 0 spiro atoms. The zero-order valence-corrected chi connectivity index (χ0v) is 11.0. The van der Waals surface area contributed by atoms with Gasteiger partial charge in [0, 0.05) is 19.5 Å². The van der Waals surface area contributed by atoms with Gasteiger partial charge in [-0.15, -0.1) is 0 Å². The fourth-order valence-electron chi connectivity index (χ4n) is 1.92. The Morgan fingerprint density at radius 3 is 2.84 bits per heavy atom. The summed E-state index contributed by atoms with van der Waals surface area (Å²) in [6, 6.07) is 1.83. The van der Waals surface area contributed by atoms with Gasteiger partial charge in [0.05, 0.1) is 16.4 Å². The summed E-state index contributed by atoms with van der Waals surface area (Å²) >= 11 is 5.60. The van der Waals surface area contributed by atoms with Crippen molar-refractivity contribution in [2.24, 2.45) is 0 Å². The van der Waals surface area contributed by atoms with Crippen molar-refractivity contribution in [2.45, 2.75) is 18.9 Å². The third-order valence-corrected chi connectivity index (χ3v) is 3.36. The summed E-state index contributed by atoms with van der Waals surface area (Å²) in [7, 11) is 1.42. The second kappa shape index (κ2) is 5.05. The van der Waals surface area contributed by atoms with Gasteiger partial charge in [0.25, 0.3) is 5.91 Å². The van der Waals surface area contributed by atoms with Crippen molar-refractivity contribution in [1.29, 1.82) is 0 Å². The number of nitrogens with two attached hydrogens (primary N) is 1. The molecule has 2 amide bonds. The van der Waals surface area contributed by atoms with Gasteiger partial charge in [-0.05, 0) is 12.5 Å². The Morgan fingerprint density at radius 1 is 1.47 bits per heavy atom. The summed E-state index contributed by atoms with van der Waals surface area (Å²) in [4.78, 5) is 24.3. The maximum Gasteiger partial charge on any atom is 0.251 e. The minimum Gasteiger partial charge on any atom is -0.397 e. The molecule has 5 nitrogen and oxygen atoms in total. The van der Waals surface area contributed by atoms with E-state index in [1.54, 1.807) is 0 Å². The van der Waals surface area contributed by atoms with Crippen LogP contribution in [0.5, 0.6) is 0 Å². The Balaban J connectivity index is 2.20. The number of nitrogens with one attached hydrogen (secondary N) is 1. The van der Waals surface area contributed by atoms with Crippen LogP contribution in [0.4, 0.5) is 15.8 Å². The number of rotatable bonds is 2. The van der Waals surface area contributed by atoms with Crippen molar-refractivity contribution in [3.05, 3.63) is 23.0 Å². The van der Waals surface area contributed by atoms with Crippen molar-refractivity contribution in [3.63, 3.8) is 0 Å². The van der Waals surface area contributed by atoms with Gasteiger partial charge < -0.3 is 11.1 Å². The summed E-state index contributed by atoms with van der Waals surface area (Å²) in [5, 5.41) is 2.77. The monoisotopic (exact) mass is 285 g/mol. The zero-order chi connectivity index (χ0) is 14.2. The molecule has 0 bridgehead atoms.